The van der Waals surface area contributed by atoms with Gasteiger partial charge < -0.3 is 5.32 Å². The van der Waals surface area contributed by atoms with Gasteiger partial charge in [-0.05, 0) is 54.9 Å². The zero-order chi connectivity index (χ0) is 16.4. The molecule has 0 radical (unpaired) electrons. The summed E-state index contributed by atoms with van der Waals surface area (Å²) in [6, 6.07) is 19.6. The van der Waals surface area contributed by atoms with Crippen LogP contribution >= 0.6 is 0 Å². The lowest BCUT2D eigenvalue weighted by Gasteiger charge is -2.25. The Morgan fingerprint density at radius 2 is 1.54 bits per heavy atom. The third-order valence-corrected chi connectivity index (χ3v) is 5.16. The zero-order valence-corrected chi connectivity index (χ0v) is 13.6. The Labute approximate surface area is 143 Å². The molecule has 2 aliphatic carbocycles. The summed E-state index contributed by atoms with van der Waals surface area (Å²) in [6.07, 6.45) is 7.14. The van der Waals surface area contributed by atoms with Gasteiger partial charge in [-0.25, -0.2) is 4.79 Å². The molecule has 0 unspecified atom stereocenters. The summed E-state index contributed by atoms with van der Waals surface area (Å²) in [5.41, 5.74) is 1.77. The van der Waals surface area contributed by atoms with Gasteiger partial charge in [-0.15, -0.1) is 0 Å². The Kier molecular flexibility index (Phi) is 4.08. The molecular weight excluding hydrogens is 296 g/mol. The number of hydrogen-bond acceptors (Lipinski definition) is 1. The summed E-state index contributed by atoms with van der Waals surface area (Å²) < 4.78 is 0. The van der Waals surface area contributed by atoms with Crippen LogP contribution in [0.4, 0.5) is 16.2 Å². The number of benzene rings is 2. The molecule has 0 spiro atoms. The normalized spacial score (nSPS) is 24.1. The van der Waals surface area contributed by atoms with E-state index in [-0.39, 0.29) is 6.03 Å². The molecule has 1 N–H and O–H groups in total. The fraction of sp³-hybridized carbons (Fsp3) is 0.286. The average Bonchev–Trinajstić information content (AvgIpc) is 3.25. The number of fused-ring (bicyclic) bond motifs is 2. The monoisotopic (exact) mass is 318 g/mol. The number of carbonyl (C=O) groups excluding carboxylic acids is 1. The van der Waals surface area contributed by atoms with E-state index in [4.69, 9.17) is 0 Å². The van der Waals surface area contributed by atoms with Crippen molar-refractivity contribution in [3.63, 3.8) is 0 Å². The first-order valence-corrected chi connectivity index (χ1v) is 8.67. The lowest BCUT2D eigenvalue weighted by atomic mass is 9.94. The number of allylic oxidation sites excluding steroid dienone is 2. The standard InChI is InChI=1S/C21H22N2O/c24-21(22-15-18-14-16-11-12-17(18)13-16)23(19-7-3-1-4-8-19)20-9-5-2-6-10-20/h1-12,16-18H,13-15H2,(H,22,24)/t16-,17+,18+/m1/s1. The molecule has 0 aliphatic heterocycles. The highest BCUT2D eigenvalue weighted by Crippen LogP contribution is 2.43. The second kappa shape index (κ2) is 6.52. The topological polar surface area (TPSA) is 32.3 Å². The minimum atomic E-state index is -0.0563. The highest BCUT2D eigenvalue weighted by atomic mass is 16.2. The van der Waals surface area contributed by atoms with E-state index in [0.29, 0.717) is 11.8 Å². The van der Waals surface area contributed by atoms with Gasteiger partial charge in [-0.3, -0.25) is 4.90 Å². The molecule has 1 fully saturated rings. The number of para-hydroxylation sites is 2. The highest BCUT2D eigenvalue weighted by molar-refractivity contribution is 5.99. The van der Waals surface area contributed by atoms with Gasteiger partial charge in [-0.1, -0.05) is 48.6 Å². The number of rotatable bonds is 4. The molecule has 3 atom stereocenters. The first-order chi connectivity index (χ1) is 11.8. The van der Waals surface area contributed by atoms with Gasteiger partial charge in [0.2, 0.25) is 0 Å². The molecule has 1 saturated carbocycles. The van der Waals surface area contributed by atoms with Crippen molar-refractivity contribution >= 4 is 17.4 Å². The molecular formula is C21H22N2O. The van der Waals surface area contributed by atoms with Crippen molar-refractivity contribution < 1.29 is 4.79 Å². The lowest BCUT2D eigenvalue weighted by Crippen LogP contribution is -2.40. The fourth-order valence-corrected chi connectivity index (χ4v) is 3.96. The number of nitrogens with zero attached hydrogens (tertiary/aromatic N) is 1. The molecule has 3 nitrogen and oxygen atoms in total. The van der Waals surface area contributed by atoms with Gasteiger partial charge in [-0.2, -0.15) is 0 Å². The lowest BCUT2D eigenvalue weighted by molar-refractivity contribution is 0.245. The van der Waals surface area contributed by atoms with Crippen molar-refractivity contribution in [1.82, 2.24) is 5.32 Å². The molecule has 2 aliphatic rings. The van der Waals surface area contributed by atoms with Crippen LogP contribution in [0.1, 0.15) is 12.8 Å². The van der Waals surface area contributed by atoms with Gasteiger partial charge >= 0.3 is 6.03 Å². The van der Waals surface area contributed by atoms with Crippen molar-refractivity contribution in [3.8, 4) is 0 Å². The molecule has 2 aromatic carbocycles. The molecule has 2 amide bonds. The van der Waals surface area contributed by atoms with E-state index < -0.39 is 0 Å². The van der Waals surface area contributed by atoms with Crippen LogP contribution < -0.4 is 10.2 Å². The number of hydrogen-bond donors (Lipinski definition) is 1. The van der Waals surface area contributed by atoms with Crippen LogP contribution in [0.15, 0.2) is 72.8 Å². The van der Waals surface area contributed by atoms with E-state index in [9.17, 15) is 4.79 Å². The summed E-state index contributed by atoms with van der Waals surface area (Å²) in [5.74, 6) is 1.96. The molecule has 122 valence electrons. The smallest absolute Gasteiger partial charge is 0.326 e. The van der Waals surface area contributed by atoms with E-state index in [1.807, 2.05) is 60.7 Å². The number of anilines is 2. The summed E-state index contributed by atoms with van der Waals surface area (Å²) >= 11 is 0. The van der Waals surface area contributed by atoms with Crippen molar-refractivity contribution in [2.24, 2.45) is 17.8 Å². The number of nitrogens with one attached hydrogen (secondary N) is 1. The van der Waals surface area contributed by atoms with Gasteiger partial charge in [0.05, 0.1) is 11.4 Å². The SMILES string of the molecule is O=C(NC[C@@H]1C[C@@H]2C=C[C@H]1C2)N(c1ccccc1)c1ccccc1. The van der Waals surface area contributed by atoms with Gasteiger partial charge in [0, 0.05) is 6.54 Å². The number of urea groups is 1. The van der Waals surface area contributed by atoms with Crippen LogP contribution in [-0.4, -0.2) is 12.6 Å². The maximum atomic E-state index is 12.9. The average molecular weight is 318 g/mol. The maximum Gasteiger partial charge on any atom is 0.326 e. The second-order valence-electron chi connectivity index (χ2n) is 6.73. The van der Waals surface area contributed by atoms with Crippen LogP contribution in [0.25, 0.3) is 0 Å². The predicted octanol–water partition coefficient (Wildman–Crippen LogP) is 4.75. The third kappa shape index (κ3) is 2.94. The summed E-state index contributed by atoms with van der Waals surface area (Å²) in [6.45, 7) is 0.751. The molecule has 3 heteroatoms. The zero-order valence-electron chi connectivity index (χ0n) is 13.6. The van der Waals surface area contributed by atoms with Crippen LogP contribution in [0.5, 0.6) is 0 Å². The predicted molar refractivity (Wildman–Crippen MR) is 97.3 cm³/mol. The summed E-state index contributed by atoms with van der Waals surface area (Å²) in [4.78, 5) is 14.7. The summed E-state index contributed by atoms with van der Waals surface area (Å²) in [5, 5.41) is 3.16. The second-order valence-corrected chi connectivity index (χ2v) is 6.73. The maximum absolute atomic E-state index is 12.9. The summed E-state index contributed by atoms with van der Waals surface area (Å²) in [7, 11) is 0. The molecule has 2 bridgehead atoms. The van der Waals surface area contributed by atoms with E-state index >= 15 is 0 Å². The van der Waals surface area contributed by atoms with Gasteiger partial charge in [0.15, 0.2) is 0 Å². The van der Waals surface area contributed by atoms with Crippen LogP contribution in [0, 0.1) is 17.8 Å². The molecule has 24 heavy (non-hydrogen) atoms. The minimum absolute atomic E-state index is 0.0563. The van der Waals surface area contributed by atoms with Crippen LogP contribution in [-0.2, 0) is 0 Å². The largest absolute Gasteiger partial charge is 0.337 e. The minimum Gasteiger partial charge on any atom is -0.337 e. The van der Waals surface area contributed by atoms with Gasteiger partial charge in [0.1, 0.15) is 0 Å². The molecule has 0 heterocycles. The Morgan fingerprint density at radius 3 is 2.04 bits per heavy atom. The van der Waals surface area contributed by atoms with Crippen molar-refractivity contribution in [3.05, 3.63) is 72.8 Å². The Bertz CT molecular complexity index is 687. The van der Waals surface area contributed by atoms with Crippen molar-refractivity contribution in [1.29, 1.82) is 0 Å². The van der Waals surface area contributed by atoms with Gasteiger partial charge in [0.25, 0.3) is 0 Å². The Balaban J connectivity index is 1.50. The number of amides is 2. The third-order valence-electron chi connectivity index (χ3n) is 5.16. The number of carbonyl (C=O) groups is 1. The Hall–Kier alpha value is -2.55. The highest BCUT2D eigenvalue weighted by Gasteiger charge is 2.35. The molecule has 0 aromatic heterocycles. The van der Waals surface area contributed by atoms with Crippen molar-refractivity contribution in [2.75, 3.05) is 11.4 Å². The van der Waals surface area contributed by atoms with E-state index in [1.165, 1.54) is 12.8 Å². The van der Waals surface area contributed by atoms with E-state index in [1.54, 1.807) is 4.90 Å². The molecule has 0 saturated heterocycles. The molecule has 2 aromatic rings. The first-order valence-electron chi connectivity index (χ1n) is 8.67. The van der Waals surface area contributed by atoms with Crippen LogP contribution in [0.2, 0.25) is 0 Å². The first kappa shape index (κ1) is 15.0. The van der Waals surface area contributed by atoms with Crippen molar-refractivity contribution in [2.45, 2.75) is 12.8 Å². The van der Waals surface area contributed by atoms with Crippen LogP contribution in [0.3, 0.4) is 0 Å². The van der Waals surface area contributed by atoms with E-state index in [2.05, 4.69) is 17.5 Å². The quantitative estimate of drug-likeness (QED) is 0.811. The Morgan fingerprint density at radius 1 is 0.917 bits per heavy atom. The fourth-order valence-electron chi connectivity index (χ4n) is 3.96. The molecule has 4 rings (SSSR count). The van der Waals surface area contributed by atoms with E-state index in [0.717, 1.165) is 23.8 Å².